The van der Waals surface area contributed by atoms with Crippen molar-refractivity contribution in [3.8, 4) is 0 Å². The van der Waals surface area contributed by atoms with E-state index in [1.54, 1.807) is 0 Å². The van der Waals surface area contributed by atoms with Crippen LogP contribution in [0, 0.1) is 11.8 Å². The van der Waals surface area contributed by atoms with Gasteiger partial charge in [0.25, 0.3) is 0 Å². The molecule has 0 radical (unpaired) electrons. The van der Waals surface area contributed by atoms with Crippen LogP contribution in [0.1, 0.15) is 59.5 Å². The third-order valence-corrected chi connectivity index (χ3v) is 3.38. The van der Waals surface area contributed by atoms with Gasteiger partial charge in [-0.15, -0.1) is 0 Å². The minimum absolute atomic E-state index is 0.0413. The number of hydrogen-bond acceptors (Lipinski definition) is 2. The maximum atomic E-state index is 4.66. The second-order valence-corrected chi connectivity index (χ2v) is 6.38. The van der Waals surface area contributed by atoms with Crippen LogP contribution in [0.2, 0.25) is 0 Å². The molecule has 0 bridgehead atoms. The normalized spacial score (nSPS) is 14.1. The van der Waals surface area contributed by atoms with E-state index in [2.05, 4.69) is 51.5 Å². The lowest BCUT2D eigenvalue weighted by Crippen LogP contribution is -2.17. The van der Waals surface area contributed by atoms with Crippen molar-refractivity contribution in [2.24, 2.45) is 11.8 Å². The lowest BCUT2D eigenvalue weighted by Gasteiger charge is -2.18. The van der Waals surface area contributed by atoms with Gasteiger partial charge in [0.15, 0.2) is 0 Å². The molecule has 0 saturated heterocycles. The van der Waals surface area contributed by atoms with Gasteiger partial charge >= 0.3 is 0 Å². The van der Waals surface area contributed by atoms with Crippen molar-refractivity contribution in [1.82, 2.24) is 9.97 Å². The molecule has 1 unspecified atom stereocenters. The van der Waals surface area contributed by atoms with Crippen molar-refractivity contribution < 1.29 is 0 Å². The van der Waals surface area contributed by atoms with Gasteiger partial charge < -0.3 is 0 Å². The molecule has 0 fully saturated rings. The molecule has 1 atom stereocenters. The van der Waals surface area contributed by atoms with Crippen LogP contribution in [-0.4, -0.2) is 9.97 Å². The number of aromatic nitrogens is 2. The highest BCUT2D eigenvalue weighted by Gasteiger charge is 2.17. The van der Waals surface area contributed by atoms with Crippen LogP contribution in [0.5, 0.6) is 0 Å². The molecule has 0 aromatic carbocycles. The molecule has 2 heteroatoms. The first-order chi connectivity index (χ1) is 7.80. The SMILES string of the molecule is CC(C)C(C)CCc1ccnc(C(C)(C)C)n1. The fourth-order valence-electron chi connectivity index (χ4n) is 1.61. The number of hydrogen-bond donors (Lipinski definition) is 0. The van der Waals surface area contributed by atoms with Gasteiger partial charge in [-0.2, -0.15) is 0 Å². The Kier molecular flexibility index (Phi) is 4.67. The van der Waals surface area contributed by atoms with E-state index in [0.717, 1.165) is 24.1 Å². The second kappa shape index (κ2) is 5.61. The lowest BCUT2D eigenvalue weighted by molar-refractivity contribution is 0.390. The molecule has 1 aromatic rings. The predicted molar refractivity (Wildman–Crippen MR) is 73.1 cm³/mol. The highest BCUT2D eigenvalue weighted by Crippen LogP contribution is 2.20. The average molecular weight is 234 g/mol. The maximum Gasteiger partial charge on any atom is 0.133 e. The molecular weight excluding hydrogens is 208 g/mol. The molecule has 0 saturated carbocycles. The Balaban J connectivity index is 2.67. The summed E-state index contributed by atoms with van der Waals surface area (Å²) in [4.78, 5) is 9.03. The Morgan fingerprint density at radius 3 is 2.35 bits per heavy atom. The first kappa shape index (κ1) is 14.1. The molecule has 2 nitrogen and oxygen atoms in total. The number of rotatable bonds is 4. The van der Waals surface area contributed by atoms with Crippen molar-refractivity contribution in [2.45, 2.75) is 59.8 Å². The van der Waals surface area contributed by atoms with E-state index in [9.17, 15) is 0 Å². The largest absolute Gasteiger partial charge is 0.241 e. The van der Waals surface area contributed by atoms with E-state index in [4.69, 9.17) is 0 Å². The van der Waals surface area contributed by atoms with E-state index in [-0.39, 0.29) is 5.41 Å². The third kappa shape index (κ3) is 4.45. The van der Waals surface area contributed by atoms with Crippen molar-refractivity contribution >= 4 is 0 Å². The number of nitrogens with zero attached hydrogens (tertiary/aromatic N) is 2. The van der Waals surface area contributed by atoms with Crippen LogP contribution >= 0.6 is 0 Å². The van der Waals surface area contributed by atoms with Crippen LogP contribution < -0.4 is 0 Å². The summed E-state index contributed by atoms with van der Waals surface area (Å²) in [5, 5.41) is 0. The summed E-state index contributed by atoms with van der Waals surface area (Å²) in [6.07, 6.45) is 4.16. The zero-order valence-corrected chi connectivity index (χ0v) is 12.1. The molecule has 0 spiro atoms. The topological polar surface area (TPSA) is 25.8 Å². The van der Waals surface area contributed by atoms with Gasteiger partial charge in [-0.3, -0.25) is 0 Å². The fraction of sp³-hybridized carbons (Fsp3) is 0.733. The van der Waals surface area contributed by atoms with Gasteiger partial charge in [0.05, 0.1) is 0 Å². The Hall–Kier alpha value is -0.920. The fourth-order valence-corrected chi connectivity index (χ4v) is 1.61. The zero-order valence-electron chi connectivity index (χ0n) is 12.1. The quantitative estimate of drug-likeness (QED) is 0.787. The molecule has 1 aromatic heterocycles. The summed E-state index contributed by atoms with van der Waals surface area (Å²) in [5.74, 6) is 2.45. The average Bonchev–Trinajstić information content (AvgIpc) is 2.25. The van der Waals surface area contributed by atoms with Gasteiger partial charge in [0.2, 0.25) is 0 Å². The summed E-state index contributed by atoms with van der Waals surface area (Å²) in [6.45, 7) is 13.3. The van der Waals surface area contributed by atoms with E-state index in [1.807, 2.05) is 12.3 Å². The monoisotopic (exact) mass is 234 g/mol. The Bertz CT molecular complexity index is 350. The van der Waals surface area contributed by atoms with Gasteiger partial charge in [-0.1, -0.05) is 41.5 Å². The zero-order chi connectivity index (χ0) is 13.1. The smallest absolute Gasteiger partial charge is 0.133 e. The van der Waals surface area contributed by atoms with Crippen LogP contribution in [0.3, 0.4) is 0 Å². The second-order valence-electron chi connectivity index (χ2n) is 6.38. The van der Waals surface area contributed by atoms with Gasteiger partial charge in [0, 0.05) is 17.3 Å². The van der Waals surface area contributed by atoms with Crippen molar-refractivity contribution in [2.75, 3.05) is 0 Å². The minimum Gasteiger partial charge on any atom is -0.241 e. The Morgan fingerprint density at radius 1 is 1.18 bits per heavy atom. The summed E-state index contributed by atoms with van der Waals surface area (Å²) < 4.78 is 0. The molecule has 1 rings (SSSR count). The Labute approximate surface area is 106 Å². The van der Waals surface area contributed by atoms with Crippen molar-refractivity contribution in [1.29, 1.82) is 0 Å². The lowest BCUT2D eigenvalue weighted by atomic mass is 9.92. The standard InChI is InChI=1S/C15H26N2/c1-11(2)12(3)7-8-13-9-10-16-14(17-13)15(4,5)6/h9-12H,7-8H2,1-6H3. The third-order valence-electron chi connectivity index (χ3n) is 3.38. The molecule has 0 aliphatic rings. The van der Waals surface area contributed by atoms with E-state index < -0.39 is 0 Å². The molecule has 0 amide bonds. The molecule has 0 aliphatic carbocycles. The highest BCUT2D eigenvalue weighted by molar-refractivity contribution is 5.08. The Morgan fingerprint density at radius 2 is 1.82 bits per heavy atom. The van der Waals surface area contributed by atoms with Crippen LogP contribution in [0.15, 0.2) is 12.3 Å². The summed E-state index contributed by atoms with van der Waals surface area (Å²) in [6, 6.07) is 2.04. The molecule has 0 N–H and O–H groups in total. The van der Waals surface area contributed by atoms with Crippen LogP contribution in [0.25, 0.3) is 0 Å². The van der Waals surface area contributed by atoms with Crippen LogP contribution in [0.4, 0.5) is 0 Å². The first-order valence-electron chi connectivity index (χ1n) is 6.63. The van der Waals surface area contributed by atoms with Crippen LogP contribution in [-0.2, 0) is 11.8 Å². The van der Waals surface area contributed by atoms with Gasteiger partial charge in [-0.25, -0.2) is 9.97 Å². The molecule has 0 aliphatic heterocycles. The predicted octanol–water partition coefficient (Wildman–Crippen LogP) is 4.00. The van der Waals surface area contributed by atoms with E-state index in [1.165, 1.54) is 12.1 Å². The van der Waals surface area contributed by atoms with Gasteiger partial charge in [-0.05, 0) is 30.7 Å². The molecule has 96 valence electrons. The summed E-state index contributed by atoms with van der Waals surface area (Å²) >= 11 is 0. The van der Waals surface area contributed by atoms with Gasteiger partial charge in [0.1, 0.15) is 5.82 Å². The van der Waals surface area contributed by atoms with Crippen molar-refractivity contribution in [3.63, 3.8) is 0 Å². The van der Waals surface area contributed by atoms with E-state index in [0.29, 0.717) is 0 Å². The molecule has 17 heavy (non-hydrogen) atoms. The minimum atomic E-state index is 0.0413. The summed E-state index contributed by atoms with van der Waals surface area (Å²) in [7, 11) is 0. The van der Waals surface area contributed by atoms with E-state index >= 15 is 0 Å². The first-order valence-corrected chi connectivity index (χ1v) is 6.63. The maximum absolute atomic E-state index is 4.66. The molecule has 1 heterocycles. The molecular formula is C15H26N2. The summed E-state index contributed by atoms with van der Waals surface area (Å²) in [5.41, 5.74) is 1.22. The highest BCUT2D eigenvalue weighted by atomic mass is 14.9. The number of aryl methyl sites for hydroxylation is 1. The van der Waals surface area contributed by atoms with Crippen molar-refractivity contribution in [3.05, 3.63) is 23.8 Å².